The summed E-state index contributed by atoms with van der Waals surface area (Å²) >= 11 is 0. The van der Waals surface area contributed by atoms with Crippen LogP contribution in [0.1, 0.15) is 19.4 Å². The molecule has 0 aromatic heterocycles. The lowest BCUT2D eigenvalue weighted by atomic mass is 10.2. The number of carbonyl (C=O) groups excluding carboxylic acids is 1. The number of nitrogens with one attached hydrogen (secondary N) is 1. The quantitative estimate of drug-likeness (QED) is 0.816. The van der Waals surface area contributed by atoms with Gasteiger partial charge in [-0.2, -0.15) is 0 Å². The fourth-order valence-electron chi connectivity index (χ4n) is 1.08. The number of halogens is 1. The van der Waals surface area contributed by atoms with Gasteiger partial charge in [-0.1, -0.05) is 0 Å². The van der Waals surface area contributed by atoms with Crippen LogP contribution < -0.4 is 5.32 Å². The Morgan fingerprint density at radius 2 is 2.13 bits per heavy atom. The molecule has 82 valence electrons. The average molecular weight is 211 g/mol. The first-order valence-electron chi connectivity index (χ1n) is 4.73. The van der Waals surface area contributed by atoms with E-state index in [9.17, 15) is 9.18 Å². The SMILES string of the molecule is Cc1cc(NC(=O)OC(C)C)ccc1F. The Hall–Kier alpha value is -1.58. The highest BCUT2D eigenvalue weighted by Gasteiger charge is 2.06. The minimum atomic E-state index is -0.531. The standard InChI is InChI=1S/C11H14FNO2/c1-7(2)15-11(14)13-9-4-5-10(12)8(3)6-9/h4-7H,1-3H3,(H,13,14). The number of hydrogen-bond donors (Lipinski definition) is 1. The lowest BCUT2D eigenvalue weighted by molar-refractivity contribution is 0.130. The second-order valence-electron chi connectivity index (χ2n) is 3.54. The van der Waals surface area contributed by atoms with E-state index in [2.05, 4.69) is 5.32 Å². The van der Waals surface area contributed by atoms with E-state index in [0.717, 1.165) is 0 Å². The summed E-state index contributed by atoms with van der Waals surface area (Å²) in [5, 5.41) is 2.51. The van der Waals surface area contributed by atoms with Crippen molar-refractivity contribution >= 4 is 11.8 Å². The molecule has 1 N–H and O–H groups in total. The molecule has 3 nitrogen and oxygen atoms in total. The number of rotatable bonds is 2. The average Bonchev–Trinajstić information content (AvgIpc) is 2.10. The summed E-state index contributed by atoms with van der Waals surface area (Å²) < 4.78 is 17.8. The molecule has 1 amide bonds. The third-order valence-electron chi connectivity index (χ3n) is 1.75. The van der Waals surface area contributed by atoms with Gasteiger partial charge < -0.3 is 4.74 Å². The molecule has 15 heavy (non-hydrogen) atoms. The van der Waals surface area contributed by atoms with Gasteiger partial charge in [-0.05, 0) is 44.5 Å². The Morgan fingerprint density at radius 1 is 1.47 bits per heavy atom. The van der Waals surface area contributed by atoms with Crippen LogP contribution in [0.5, 0.6) is 0 Å². The lowest BCUT2D eigenvalue weighted by Crippen LogP contribution is -2.18. The van der Waals surface area contributed by atoms with Gasteiger partial charge in [0, 0.05) is 5.69 Å². The number of aryl methyl sites for hydroxylation is 1. The smallest absolute Gasteiger partial charge is 0.411 e. The van der Waals surface area contributed by atoms with Gasteiger partial charge in [0.05, 0.1) is 6.10 Å². The van der Waals surface area contributed by atoms with E-state index in [1.54, 1.807) is 26.8 Å². The predicted molar refractivity (Wildman–Crippen MR) is 56.4 cm³/mol. The molecule has 0 fully saturated rings. The summed E-state index contributed by atoms with van der Waals surface area (Å²) in [4.78, 5) is 11.2. The van der Waals surface area contributed by atoms with E-state index in [-0.39, 0.29) is 11.9 Å². The first-order valence-corrected chi connectivity index (χ1v) is 4.73. The van der Waals surface area contributed by atoms with Crippen LogP contribution in [0.2, 0.25) is 0 Å². The van der Waals surface area contributed by atoms with E-state index in [1.807, 2.05) is 0 Å². The summed E-state index contributed by atoms with van der Waals surface area (Å²) in [5.74, 6) is -0.294. The van der Waals surface area contributed by atoms with Crippen molar-refractivity contribution in [2.75, 3.05) is 5.32 Å². The number of hydrogen-bond acceptors (Lipinski definition) is 2. The Kier molecular flexibility index (Phi) is 3.66. The highest BCUT2D eigenvalue weighted by atomic mass is 19.1. The highest BCUT2D eigenvalue weighted by Crippen LogP contribution is 2.13. The molecule has 1 aromatic carbocycles. The number of ether oxygens (including phenoxy) is 1. The van der Waals surface area contributed by atoms with Crippen LogP contribution in [0.3, 0.4) is 0 Å². The second-order valence-corrected chi connectivity index (χ2v) is 3.54. The normalized spacial score (nSPS) is 10.2. The molecular weight excluding hydrogens is 197 g/mol. The first-order chi connectivity index (χ1) is 6.99. The molecule has 0 spiro atoms. The van der Waals surface area contributed by atoms with Gasteiger partial charge in [-0.25, -0.2) is 9.18 Å². The minimum Gasteiger partial charge on any atom is -0.447 e. The van der Waals surface area contributed by atoms with Crippen molar-refractivity contribution in [2.45, 2.75) is 26.9 Å². The predicted octanol–water partition coefficient (Wildman–Crippen LogP) is 3.09. The molecule has 0 heterocycles. The molecular formula is C11H14FNO2. The highest BCUT2D eigenvalue weighted by molar-refractivity contribution is 5.84. The maximum absolute atomic E-state index is 12.9. The van der Waals surface area contributed by atoms with Crippen molar-refractivity contribution in [1.82, 2.24) is 0 Å². The zero-order chi connectivity index (χ0) is 11.4. The van der Waals surface area contributed by atoms with E-state index < -0.39 is 6.09 Å². The Bertz CT molecular complexity index is 364. The van der Waals surface area contributed by atoms with E-state index in [0.29, 0.717) is 11.3 Å². The summed E-state index contributed by atoms with van der Waals surface area (Å²) in [6, 6.07) is 4.35. The summed E-state index contributed by atoms with van der Waals surface area (Å²) in [5.41, 5.74) is 1.01. The number of amides is 1. The van der Waals surface area contributed by atoms with Gasteiger partial charge in [0.25, 0.3) is 0 Å². The topological polar surface area (TPSA) is 38.3 Å². The van der Waals surface area contributed by atoms with Crippen LogP contribution in [-0.2, 0) is 4.74 Å². The molecule has 0 aliphatic carbocycles. The summed E-state index contributed by atoms with van der Waals surface area (Å²) in [7, 11) is 0. The fourth-order valence-corrected chi connectivity index (χ4v) is 1.08. The number of benzene rings is 1. The second kappa shape index (κ2) is 4.77. The van der Waals surface area contributed by atoms with Gasteiger partial charge in [0.1, 0.15) is 5.82 Å². The molecule has 1 aromatic rings. The van der Waals surface area contributed by atoms with Crippen LogP contribution in [-0.4, -0.2) is 12.2 Å². The van der Waals surface area contributed by atoms with Crippen LogP contribution in [0.15, 0.2) is 18.2 Å². The molecule has 0 saturated heterocycles. The number of carbonyl (C=O) groups is 1. The zero-order valence-electron chi connectivity index (χ0n) is 9.00. The monoisotopic (exact) mass is 211 g/mol. The zero-order valence-corrected chi connectivity index (χ0v) is 9.00. The van der Waals surface area contributed by atoms with E-state index in [1.165, 1.54) is 12.1 Å². The maximum atomic E-state index is 12.9. The third kappa shape index (κ3) is 3.58. The molecule has 0 radical (unpaired) electrons. The third-order valence-corrected chi connectivity index (χ3v) is 1.75. The minimum absolute atomic E-state index is 0.174. The molecule has 0 saturated carbocycles. The largest absolute Gasteiger partial charge is 0.447 e. The Morgan fingerprint density at radius 3 is 2.67 bits per heavy atom. The van der Waals surface area contributed by atoms with Gasteiger partial charge in [-0.3, -0.25) is 5.32 Å². The fraction of sp³-hybridized carbons (Fsp3) is 0.364. The van der Waals surface area contributed by atoms with Gasteiger partial charge in [0.15, 0.2) is 0 Å². The molecule has 1 rings (SSSR count). The van der Waals surface area contributed by atoms with Gasteiger partial charge in [-0.15, -0.1) is 0 Å². The van der Waals surface area contributed by atoms with Crippen LogP contribution >= 0.6 is 0 Å². The van der Waals surface area contributed by atoms with Crippen molar-refractivity contribution in [3.8, 4) is 0 Å². The van der Waals surface area contributed by atoms with Crippen molar-refractivity contribution in [3.63, 3.8) is 0 Å². The Balaban J connectivity index is 2.65. The van der Waals surface area contributed by atoms with Crippen LogP contribution in [0, 0.1) is 12.7 Å². The van der Waals surface area contributed by atoms with Crippen molar-refractivity contribution in [3.05, 3.63) is 29.6 Å². The number of anilines is 1. The van der Waals surface area contributed by atoms with Crippen LogP contribution in [0.4, 0.5) is 14.9 Å². The molecule has 0 aliphatic heterocycles. The summed E-state index contributed by atoms with van der Waals surface area (Å²) in [6.07, 6.45) is -0.706. The molecule has 0 aliphatic rings. The summed E-state index contributed by atoms with van der Waals surface area (Å²) in [6.45, 7) is 5.15. The van der Waals surface area contributed by atoms with Crippen molar-refractivity contribution in [2.24, 2.45) is 0 Å². The lowest BCUT2D eigenvalue weighted by Gasteiger charge is -2.09. The van der Waals surface area contributed by atoms with E-state index in [4.69, 9.17) is 4.74 Å². The van der Waals surface area contributed by atoms with E-state index >= 15 is 0 Å². The first kappa shape index (κ1) is 11.5. The van der Waals surface area contributed by atoms with Crippen molar-refractivity contribution in [1.29, 1.82) is 0 Å². The van der Waals surface area contributed by atoms with Crippen LogP contribution in [0.25, 0.3) is 0 Å². The molecule has 0 unspecified atom stereocenters. The molecule has 0 atom stereocenters. The molecule has 4 heteroatoms. The maximum Gasteiger partial charge on any atom is 0.411 e. The van der Waals surface area contributed by atoms with Crippen molar-refractivity contribution < 1.29 is 13.9 Å². The molecule has 0 bridgehead atoms. The Labute approximate surface area is 88.2 Å². The van der Waals surface area contributed by atoms with Gasteiger partial charge >= 0.3 is 6.09 Å². The van der Waals surface area contributed by atoms with Gasteiger partial charge in [0.2, 0.25) is 0 Å².